The minimum atomic E-state index is 0.141. The predicted molar refractivity (Wildman–Crippen MR) is 44.8 cm³/mol. The van der Waals surface area contributed by atoms with Crippen molar-refractivity contribution in [2.24, 2.45) is 0 Å². The topological polar surface area (TPSA) is 9.23 Å². The minimum Gasteiger partial charge on any atom is -0.494 e. The van der Waals surface area contributed by atoms with Crippen LogP contribution in [-0.4, -0.2) is 6.10 Å². The van der Waals surface area contributed by atoms with Crippen LogP contribution in [0.4, 0.5) is 0 Å². The maximum atomic E-state index is 5.26. The van der Waals surface area contributed by atoms with Crippen molar-refractivity contribution in [3.8, 4) is 0 Å². The van der Waals surface area contributed by atoms with E-state index in [1.54, 1.807) is 6.26 Å². The molecule has 0 aromatic heterocycles. The average Bonchev–Trinajstić information content (AvgIpc) is 1.88. The average molecular weight is 140 g/mol. The Balaban J connectivity index is 3.48. The first-order valence-electron chi connectivity index (χ1n) is 3.64. The summed E-state index contributed by atoms with van der Waals surface area (Å²) in [7, 11) is 0. The van der Waals surface area contributed by atoms with E-state index in [0.29, 0.717) is 0 Å². The molecule has 0 saturated carbocycles. The Morgan fingerprint density at radius 3 is 2.70 bits per heavy atom. The molecule has 1 nitrogen and oxygen atoms in total. The number of rotatable bonds is 4. The SMILES string of the molecule is C=C(C)C(C)OC=CCC. The fourth-order valence-corrected chi connectivity index (χ4v) is 0.386. The molecule has 0 heterocycles. The van der Waals surface area contributed by atoms with Gasteiger partial charge in [-0.25, -0.2) is 0 Å². The molecule has 1 unspecified atom stereocenters. The van der Waals surface area contributed by atoms with Crippen LogP contribution < -0.4 is 0 Å². The summed E-state index contributed by atoms with van der Waals surface area (Å²) in [6.45, 7) is 9.80. The summed E-state index contributed by atoms with van der Waals surface area (Å²) < 4.78 is 5.26. The minimum absolute atomic E-state index is 0.141. The zero-order valence-corrected chi connectivity index (χ0v) is 7.05. The number of allylic oxidation sites excluding steroid dienone is 1. The number of ether oxygens (including phenoxy) is 1. The second-order valence-electron chi connectivity index (χ2n) is 2.40. The van der Waals surface area contributed by atoms with E-state index in [1.165, 1.54) is 0 Å². The Labute approximate surface area is 63.4 Å². The number of hydrogen-bond donors (Lipinski definition) is 0. The zero-order valence-electron chi connectivity index (χ0n) is 7.05. The van der Waals surface area contributed by atoms with Crippen molar-refractivity contribution in [3.05, 3.63) is 24.5 Å². The van der Waals surface area contributed by atoms with Crippen LogP contribution in [0.25, 0.3) is 0 Å². The Hall–Kier alpha value is -0.720. The Bertz CT molecular complexity index is 125. The van der Waals surface area contributed by atoms with Gasteiger partial charge in [-0.15, -0.1) is 0 Å². The smallest absolute Gasteiger partial charge is 0.115 e. The molecule has 0 rings (SSSR count). The van der Waals surface area contributed by atoms with Crippen molar-refractivity contribution in [1.82, 2.24) is 0 Å². The molecular weight excluding hydrogens is 124 g/mol. The Morgan fingerprint density at radius 1 is 1.70 bits per heavy atom. The van der Waals surface area contributed by atoms with Gasteiger partial charge in [-0.2, -0.15) is 0 Å². The lowest BCUT2D eigenvalue weighted by Crippen LogP contribution is -2.03. The molecule has 0 amide bonds. The first-order chi connectivity index (χ1) is 4.68. The summed E-state index contributed by atoms with van der Waals surface area (Å²) in [5, 5.41) is 0. The van der Waals surface area contributed by atoms with Gasteiger partial charge in [0, 0.05) is 0 Å². The van der Waals surface area contributed by atoms with E-state index < -0.39 is 0 Å². The fourth-order valence-electron chi connectivity index (χ4n) is 0.386. The van der Waals surface area contributed by atoms with Gasteiger partial charge in [0.25, 0.3) is 0 Å². The van der Waals surface area contributed by atoms with Gasteiger partial charge in [0.05, 0.1) is 6.26 Å². The van der Waals surface area contributed by atoms with Gasteiger partial charge in [0.15, 0.2) is 0 Å². The molecule has 0 aromatic rings. The van der Waals surface area contributed by atoms with E-state index in [9.17, 15) is 0 Å². The lowest BCUT2D eigenvalue weighted by atomic mass is 10.2. The second kappa shape index (κ2) is 5.10. The molecule has 0 aromatic carbocycles. The van der Waals surface area contributed by atoms with Crippen LogP contribution in [-0.2, 0) is 4.74 Å². The molecule has 1 atom stereocenters. The van der Waals surface area contributed by atoms with Gasteiger partial charge in [-0.3, -0.25) is 0 Å². The lowest BCUT2D eigenvalue weighted by molar-refractivity contribution is 0.193. The van der Waals surface area contributed by atoms with Crippen molar-refractivity contribution < 1.29 is 4.74 Å². The maximum Gasteiger partial charge on any atom is 0.115 e. The predicted octanol–water partition coefficient (Wildman–Crippen LogP) is 2.89. The van der Waals surface area contributed by atoms with Crippen molar-refractivity contribution in [2.75, 3.05) is 0 Å². The standard InChI is InChI=1S/C9H16O/c1-5-6-7-10-9(4)8(2)3/h6-7,9H,2,5H2,1,3-4H3. The molecule has 0 bridgehead atoms. The third-order valence-electron chi connectivity index (χ3n) is 1.31. The van der Waals surface area contributed by atoms with Crippen LogP contribution in [0.3, 0.4) is 0 Å². The van der Waals surface area contributed by atoms with Gasteiger partial charge in [0.2, 0.25) is 0 Å². The highest BCUT2D eigenvalue weighted by atomic mass is 16.5. The highest BCUT2D eigenvalue weighted by molar-refractivity contribution is 4.96. The van der Waals surface area contributed by atoms with E-state index >= 15 is 0 Å². The molecule has 0 saturated heterocycles. The van der Waals surface area contributed by atoms with Crippen molar-refractivity contribution in [1.29, 1.82) is 0 Å². The summed E-state index contributed by atoms with van der Waals surface area (Å²) in [4.78, 5) is 0. The van der Waals surface area contributed by atoms with Crippen molar-refractivity contribution in [2.45, 2.75) is 33.3 Å². The van der Waals surface area contributed by atoms with E-state index in [2.05, 4.69) is 13.5 Å². The molecule has 58 valence electrons. The summed E-state index contributed by atoms with van der Waals surface area (Å²) in [5.74, 6) is 0. The van der Waals surface area contributed by atoms with E-state index in [0.717, 1.165) is 12.0 Å². The Morgan fingerprint density at radius 2 is 2.30 bits per heavy atom. The molecule has 0 spiro atoms. The zero-order chi connectivity index (χ0) is 7.98. The van der Waals surface area contributed by atoms with Crippen LogP contribution in [0.15, 0.2) is 24.5 Å². The lowest BCUT2D eigenvalue weighted by Gasteiger charge is -2.09. The van der Waals surface area contributed by atoms with Gasteiger partial charge >= 0.3 is 0 Å². The Kier molecular flexibility index (Phi) is 4.73. The molecule has 0 N–H and O–H groups in total. The first kappa shape index (κ1) is 9.28. The molecule has 1 heteroatoms. The third-order valence-corrected chi connectivity index (χ3v) is 1.31. The van der Waals surface area contributed by atoms with E-state index in [-0.39, 0.29) is 6.10 Å². The second-order valence-corrected chi connectivity index (χ2v) is 2.40. The summed E-state index contributed by atoms with van der Waals surface area (Å²) in [5.41, 5.74) is 1.06. The molecule has 0 aliphatic rings. The van der Waals surface area contributed by atoms with Gasteiger partial charge in [-0.1, -0.05) is 19.6 Å². The maximum absolute atomic E-state index is 5.26. The van der Waals surface area contributed by atoms with Gasteiger partial charge in [-0.05, 0) is 25.8 Å². The summed E-state index contributed by atoms with van der Waals surface area (Å²) in [6.07, 6.45) is 4.88. The van der Waals surface area contributed by atoms with Crippen LogP contribution in [0.5, 0.6) is 0 Å². The summed E-state index contributed by atoms with van der Waals surface area (Å²) in [6, 6.07) is 0. The highest BCUT2D eigenvalue weighted by Crippen LogP contribution is 2.02. The fraction of sp³-hybridized carbons (Fsp3) is 0.556. The molecule has 0 aliphatic heterocycles. The third kappa shape index (κ3) is 4.19. The van der Waals surface area contributed by atoms with Crippen LogP contribution in [0.1, 0.15) is 27.2 Å². The molecule has 0 radical (unpaired) electrons. The molecule has 0 fully saturated rings. The summed E-state index contributed by atoms with van der Waals surface area (Å²) >= 11 is 0. The molecule has 10 heavy (non-hydrogen) atoms. The normalized spacial score (nSPS) is 13.5. The van der Waals surface area contributed by atoms with Crippen LogP contribution in [0, 0.1) is 0 Å². The van der Waals surface area contributed by atoms with Crippen molar-refractivity contribution in [3.63, 3.8) is 0 Å². The van der Waals surface area contributed by atoms with E-state index in [4.69, 9.17) is 4.74 Å². The quantitative estimate of drug-likeness (QED) is 0.431. The first-order valence-corrected chi connectivity index (χ1v) is 3.64. The largest absolute Gasteiger partial charge is 0.494 e. The van der Waals surface area contributed by atoms with Gasteiger partial charge in [0.1, 0.15) is 6.10 Å². The van der Waals surface area contributed by atoms with Crippen molar-refractivity contribution >= 4 is 0 Å². The number of hydrogen-bond acceptors (Lipinski definition) is 1. The highest BCUT2D eigenvalue weighted by Gasteiger charge is 1.97. The van der Waals surface area contributed by atoms with Crippen LogP contribution in [0.2, 0.25) is 0 Å². The van der Waals surface area contributed by atoms with E-state index in [1.807, 2.05) is 19.9 Å². The van der Waals surface area contributed by atoms with Gasteiger partial charge < -0.3 is 4.74 Å². The monoisotopic (exact) mass is 140 g/mol. The molecular formula is C9H16O. The molecule has 0 aliphatic carbocycles. The van der Waals surface area contributed by atoms with Crippen LogP contribution >= 0.6 is 0 Å².